The molecule has 0 spiro atoms. The van der Waals surface area contributed by atoms with E-state index in [4.69, 9.17) is 4.74 Å². The highest BCUT2D eigenvalue weighted by atomic mass is 16.5. The highest BCUT2D eigenvalue weighted by Gasteiger charge is 2.18. The topological polar surface area (TPSA) is 51.2 Å². The van der Waals surface area contributed by atoms with E-state index in [0.717, 1.165) is 0 Å². The van der Waals surface area contributed by atoms with Crippen molar-refractivity contribution in [2.45, 2.75) is 31.7 Å². The van der Waals surface area contributed by atoms with Crippen LogP contribution >= 0.6 is 0 Å². The molecule has 1 aromatic rings. The van der Waals surface area contributed by atoms with Crippen LogP contribution in [0, 0.1) is 0 Å². The van der Waals surface area contributed by atoms with Gasteiger partial charge in [0.25, 0.3) is 0 Å². The molecule has 4 nitrogen and oxygen atoms in total. The number of nitrogens with one attached hydrogen (secondary N) is 1. The number of rotatable bonds is 5. The number of aromatic nitrogens is 1. The lowest BCUT2D eigenvalue weighted by atomic mass is 10.2. The van der Waals surface area contributed by atoms with Crippen molar-refractivity contribution in [1.29, 1.82) is 0 Å². The third kappa shape index (κ3) is 3.03. The van der Waals surface area contributed by atoms with Crippen LogP contribution in [0.3, 0.4) is 0 Å². The van der Waals surface area contributed by atoms with Crippen LogP contribution in [0.5, 0.6) is 5.75 Å². The van der Waals surface area contributed by atoms with Crippen LogP contribution in [-0.4, -0.2) is 30.5 Å². The van der Waals surface area contributed by atoms with Crippen LogP contribution in [0.1, 0.15) is 36.2 Å². The monoisotopic (exact) mass is 234 g/mol. The normalized spacial score (nSPS) is 16.1. The summed E-state index contributed by atoms with van der Waals surface area (Å²) in [5.41, 5.74) is 0.417. The van der Waals surface area contributed by atoms with Crippen LogP contribution in [0.4, 0.5) is 0 Å². The van der Waals surface area contributed by atoms with Gasteiger partial charge in [0, 0.05) is 12.2 Å². The van der Waals surface area contributed by atoms with Gasteiger partial charge >= 0.3 is 0 Å². The van der Waals surface area contributed by atoms with Crippen LogP contribution in [0.15, 0.2) is 18.3 Å². The summed E-state index contributed by atoms with van der Waals surface area (Å²) in [5, 5.41) is 3.29. The lowest BCUT2D eigenvalue weighted by molar-refractivity contribution is 0.0979. The molecule has 0 unspecified atom stereocenters. The molecule has 0 bridgehead atoms. The molecule has 1 N–H and O–H groups in total. The first kappa shape index (κ1) is 12.0. The Morgan fingerprint density at radius 1 is 1.53 bits per heavy atom. The Morgan fingerprint density at radius 3 is 3.00 bits per heavy atom. The molecule has 17 heavy (non-hydrogen) atoms. The van der Waals surface area contributed by atoms with E-state index >= 15 is 0 Å². The largest absolute Gasteiger partial charge is 0.494 e. The molecular weight excluding hydrogens is 216 g/mol. The zero-order chi connectivity index (χ0) is 12.1. The van der Waals surface area contributed by atoms with Crippen molar-refractivity contribution in [3.05, 3.63) is 24.0 Å². The fourth-order valence-corrected chi connectivity index (χ4v) is 2.22. The number of hydrogen-bond acceptors (Lipinski definition) is 4. The second-order valence-corrected chi connectivity index (χ2v) is 4.34. The molecule has 0 saturated heterocycles. The van der Waals surface area contributed by atoms with Crippen molar-refractivity contribution in [1.82, 2.24) is 10.3 Å². The maximum atomic E-state index is 12.0. The zero-order valence-corrected chi connectivity index (χ0v) is 10.1. The van der Waals surface area contributed by atoms with Gasteiger partial charge in [-0.3, -0.25) is 4.79 Å². The number of hydrogen-bond donors (Lipinski definition) is 1. The van der Waals surface area contributed by atoms with Crippen molar-refractivity contribution in [3.63, 3.8) is 0 Å². The Kier molecular flexibility index (Phi) is 4.09. The Hall–Kier alpha value is -1.42. The number of ketones is 1. The molecular formula is C13H18N2O2. The number of pyridine rings is 1. The predicted molar refractivity (Wildman–Crippen MR) is 65.4 cm³/mol. The van der Waals surface area contributed by atoms with Crippen LogP contribution in [0.25, 0.3) is 0 Å². The highest BCUT2D eigenvalue weighted by molar-refractivity contribution is 5.98. The van der Waals surface area contributed by atoms with Crippen LogP contribution in [-0.2, 0) is 0 Å². The van der Waals surface area contributed by atoms with E-state index in [9.17, 15) is 4.79 Å². The number of nitrogens with zero attached hydrogens (tertiary/aromatic N) is 1. The van der Waals surface area contributed by atoms with E-state index in [2.05, 4.69) is 10.3 Å². The van der Waals surface area contributed by atoms with Gasteiger partial charge < -0.3 is 10.1 Å². The predicted octanol–water partition coefficient (Wildman–Crippen LogP) is 1.81. The minimum absolute atomic E-state index is 0.00523. The first-order valence-corrected chi connectivity index (χ1v) is 6.07. The van der Waals surface area contributed by atoms with Gasteiger partial charge in [-0.15, -0.1) is 0 Å². The van der Waals surface area contributed by atoms with E-state index in [1.54, 1.807) is 25.4 Å². The third-order valence-corrected chi connectivity index (χ3v) is 3.16. The molecule has 92 valence electrons. The van der Waals surface area contributed by atoms with Gasteiger partial charge in [-0.25, -0.2) is 4.98 Å². The van der Waals surface area contributed by atoms with Gasteiger partial charge in [-0.05, 0) is 25.0 Å². The maximum Gasteiger partial charge on any atom is 0.198 e. The molecule has 0 aliphatic heterocycles. The molecule has 0 atom stereocenters. The summed E-state index contributed by atoms with van der Waals surface area (Å²) in [5.74, 6) is 0.542. The Morgan fingerprint density at radius 2 is 2.29 bits per heavy atom. The van der Waals surface area contributed by atoms with Gasteiger partial charge in [0.05, 0.1) is 13.7 Å². The maximum absolute atomic E-state index is 12.0. The molecule has 1 saturated carbocycles. The molecule has 1 heterocycles. The van der Waals surface area contributed by atoms with Crippen molar-refractivity contribution in [2.75, 3.05) is 13.7 Å². The molecule has 0 aromatic carbocycles. The highest BCUT2D eigenvalue weighted by Crippen LogP contribution is 2.18. The lowest BCUT2D eigenvalue weighted by Gasteiger charge is -2.11. The molecule has 0 amide bonds. The van der Waals surface area contributed by atoms with Crippen LogP contribution in [0.2, 0.25) is 0 Å². The van der Waals surface area contributed by atoms with Gasteiger partial charge in [0.2, 0.25) is 0 Å². The number of ether oxygens (including phenoxy) is 1. The molecule has 0 radical (unpaired) electrons. The van der Waals surface area contributed by atoms with E-state index in [0.29, 0.717) is 24.0 Å². The molecule has 1 aliphatic carbocycles. The SMILES string of the molecule is COc1cccnc1C(=O)CNC1CCCC1. The van der Waals surface area contributed by atoms with Crippen LogP contribution < -0.4 is 10.1 Å². The summed E-state index contributed by atoms with van der Waals surface area (Å²) in [6.45, 7) is 0.345. The number of carbonyl (C=O) groups is 1. The third-order valence-electron chi connectivity index (χ3n) is 3.16. The summed E-state index contributed by atoms with van der Waals surface area (Å²) >= 11 is 0. The molecule has 2 rings (SSSR count). The lowest BCUT2D eigenvalue weighted by Crippen LogP contribution is -2.32. The number of carbonyl (C=O) groups excluding carboxylic acids is 1. The van der Waals surface area contributed by atoms with E-state index < -0.39 is 0 Å². The standard InChI is InChI=1S/C13H18N2O2/c1-17-12-7-4-8-14-13(12)11(16)9-15-10-5-2-3-6-10/h4,7-8,10,15H,2-3,5-6,9H2,1H3. The van der Waals surface area contributed by atoms with E-state index in [1.165, 1.54) is 25.7 Å². The molecule has 1 aromatic heterocycles. The van der Waals surface area contributed by atoms with Gasteiger partial charge in [-0.2, -0.15) is 0 Å². The average Bonchev–Trinajstić information content (AvgIpc) is 2.89. The van der Waals surface area contributed by atoms with Gasteiger partial charge in [-0.1, -0.05) is 12.8 Å². The summed E-state index contributed by atoms with van der Waals surface area (Å²) < 4.78 is 5.13. The fraction of sp³-hybridized carbons (Fsp3) is 0.538. The first-order valence-electron chi connectivity index (χ1n) is 6.07. The minimum atomic E-state index is -0.00523. The molecule has 1 fully saturated rings. The fourth-order valence-electron chi connectivity index (χ4n) is 2.22. The minimum Gasteiger partial charge on any atom is -0.494 e. The van der Waals surface area contributed by atoms with E-state index in [-0.39, 0.29) is 5.78 Å². The summed E-state index contributed by atoms with van der Waals surface area (Å²) in [6, 6.07) is 4.02. The first-order chi connectivity index (χ1) is 8.31. The van der Waals surface area contributed by atoms with Crippen molar-refractivity contribution in [2.24, 2.45) is 0 Å². The quantitative estimate of drug-likeness (QED) is 0.789. The summed E-state index contributed by atoms with van der Waals surface area (Å²) in [6.07, 6.45) is 6.49. The average molecular weight is 234 g/mol. The van der Waals surface area contributed by atoms with Crippen molar-refractivity contribution < 1.29 is 9.53 Å². The Labute approximate surface area is 101 Å². The number of Topliss-reactive ketones (excluding diaryl/α,β-unsaturated/α-hetero) is 1. The Balaban J connectivity index is 1.94. The second kappa shape index (κ2) is 5.77. The molecule has 4 heteroatoms. The summed E-state index contributed by atoms with van der Waals surface area (Å²) in [7, 11) is 1.55. The molecule has 1 aliphatic rings. The van der Waals surface area contributed by atoms with Gasteiger partial charge in [0.15, 0.2) is 5.78 Å². The van der Waals surface area contributed by atoms with Gasteiger partial charge in [0.1, 0.15) is 11.4 Å². The van der Waals surface area contributed by atoms with Crippen molar-refractivity contribution >= 4 is 5.78 Å². The van der Waals surface area contributed by atoms with Crippen molar-refractivity contribution in [3.8, 4) is 5.75 Å². The summed E-state index contributed by atoms with van der Waals surface area (Å²) in [4.78, 5) is 16.1. The smallest absolute Gasteiger partial charge is 0.198 e. The zero-order valence-electron chi connectivity index (χ0n) is 10.1. The van der Waals surface area contributed by atoms with E-state index in [1.807, 2.05) is 0 Å². The second-order valence-electron chi connectivity index (χ2n) is 4.34. The number of methoxy groups -OCH3 is 1. The Bertz CT molecular complexity index is 387.